The van der Waals surface area contributed by atoms with E-state index < -0.39 is 0 Å². The van der Waals surface area contributed by atoms with Crippen LogP contribution in [0.25, 0.3) is 5.57 Å². The molecule has 1 rings (SSSR count). The largest absolute Gasteiger partial charge is 0.294 e. The number of Topliss-reactive ketones (excluding diaryl/α,β-unsaturated/α-hetero) is 1. The molecule has 0 amide bonds. The standard InChI is InChI=1S/C14H16O/c1-4-8-13(14(15)5-2)12-10-7-6-9-11(12)3/h4,6-10H,1,5H2,2-3H3/b13-8+. The van der Waals surface area contributed by atoms with Crippen molar-refractivity contribution in [3.8, 4) is 0 Å². The summed E-state index contributed by atoms with van der Waals surface area (Å²) < 4.78 is 0. The molecule has 0 bridgehead atoms. The maximum Gasteiger partial charge on any atom is 0.163 e. The predicted octanol–water partition coefficient (Wildman–Crippen LogP) is 3.54. The Kier molecular flexibility index (Phi) is 4.04. The number of ketones is 1. The second-order valence-electron chi connectivity index (χ2n) is 3.41. The summed E-state index contributed by atoms with van der Waals surface area (Å²) in [4.78, 5) is 11.7. The average molecular weight is 200 g/mol. The molecule has 0 aliphatic carbocycles. The molecule has 0 spiro atoms. The monoisotopic (exact) mass is 200 g/mol. The maximum absolute atomic E-state index is 11.7. The maximum atomic E-state index is 11.7. The molecule has 0 aliphatic heterocycles. The van der Waals surface area contributed by atoms with Gasteiger partial charge in [0.25, 0.3) is 0 Å². The van der Waals surface area contributed by atoms with Crippen molar-refractivity contribution in [2.45, 2.75) is 20.3 Å². The Hall–Kier alpha value is -1.63. The van der Waals surface area contributed by atoms with Crippen LogP contribution in [0.1, 0.15) is 24.5 Å². The van der Waals surface area contributed by atoms with Crippen molar-refractivity contribution in [3.63, 3.8) is 0 Å². The molecule has 1 aromatic carbocycles. The minimum atomic E-state index is 0.157. The molecular formula is C14H16O. The molecule has 0 saturated carbocycles. The molecule has 1 nitrogen and oxygen atoms in total. The molecule has 15 heavy (non-hydrogen) atoms. The van der Waals surface area contributed by atoms with E-state index in [0.717, 1.165) is 16.7 Å². The first-order valence-corrected chi connectivity index (χ1v) is 5.12. The Morgan fingerprint density at radius 1 is 1.40 bits per heavy atom. The van der Waals surface area contributed by atoms with Crippen molar-refractivity contribution in [2.75, 3.05) is 0 Å². The molecule has 1 heteroatoms. The van der Waals surface area contributed by atoms with Crippen molar-refractivity contribution in [1.82, 2.24) is 0 Å². The number of allylic oxidation sites excluding steroid dienone is 3. The second kappa shape index (κ2) is 5.30. The van der Waals surface area contributed by atoms with Gasteiger partial charge >= 0.3 is 0 Å². The van der Waals surface area contributed by atoms with Gasteiger partial charge < -0.3 is 0 Å². The van der Waals surface area contributed by atoms with E-state index in [2.05, 4.69) is 6.58 Å². The number of carbonyl (C=O) groups is 1. The summed E-state index contributed by atoms with van der Waals surface area (Å²) in [5.41, 5.74) is 2.88. The molecular weight excluding hydrogens is 184 g/mol. The van der Waals surface area contributed by atoms with Crippen LogP contribution in [0.5, 0.6) is 0 Å². The van der Waals surface area contributed by atoms with Crippen molar-refractivity contribution in [2.24, 2.45) is 0 Å². The van der Waals surface area contributed by atoms with Gasteiger partial charge in [0.1, 0.15) is 0 Å². The molecule has 0 saturated heterocycles. The fourth-order valence-electron chi connectivity index (χ4n) is 1.52. The van der Waals surface area contributed by atoms with Gasteiger partial charge in [-0.1, -0.05) is 49.9 Å². The highest BCUT2D eigenvalue weighted by Gasteiger charge is 2.10. The summed E-state index contributed by atoms with van der Waals surface area (Å²) in [5.74, 6) is 0.157. The zero-order valence-corrected chi connectivity index (χ0v) is 9.29. The third-order valence-corrected chi connectivity index (χ3v) is 2.34. The van der Waals surface area contributed by atoms with Crippen LogP contribution in [0, 0.1) is 6.92 Å². The summed E-state index contributed by atoms with van der Waals surface area (Å²) in [7, 11) is 0. The highest BCUT2D eigenvalue weighted by molar-refractivity contribution is 6.21. The van der Waals surface area contributed by atoms with Gasteiger partial charge in [-0.3, -0.25) is 4.79 Å². The van der Waals surface area contributed by atoms with Crippen LogP contribution in [0.4, 0.5) is 0 Å². The number of carbonyl (C=O) groups excluding carboxylic acids is 1. The van der Waals surface area contributed by atoms with Gasteiger partial charge in [0.05, 0.1) is 0 Å². The third-order valence-electron chi connectivity index (χ3n) is 2.34. The first kappa shape index (κ1) is 11.4. The summed E-state index contributed by atoms with van der Waals surface area (Å²) in [5, 5.41) is 0. The number of aryl methyl sites for hydroxylation is 1. The number of rotatable bonds is 4. The SMILES string of the molecule is C=C/C=C(/C(=O)CC)c1ccccc1C. The molecule has 0 N–H and O–H groups in total. The normalized spacial score (nSPS) is 11.2. The lowest BCUT2D eigenvalue weighted by Crippen LogP contribution is -2.01. The van der Waals surface area contributed by atoms with E-state index in [-0.39, 0.29) is 5.78 Å². The molecule has 0 aromatic heterocycles. The van der Waals surface area contributed by atoms with Crippen LogP contribution in [0.15, 0.2) is 43.0 Å². The van der Waals surface area contributed by atoms with Crippen LogP contribution in [0.2, 0.25) is 0 Å². The van der Waals surface area contributed by atoms with E-state index in [0.29, 0.717) is 6.42 Å². The lowest BCUT2D eigenvalue weighted by molar-refractivity contribution is -0.113. The fraction of sp³-hybridized carbons (Fsp3) is 0.214. The number of benzene rings is 1. The summed E-state index contributed by atoms with van der Waals surface area (Å²) in [6.45, 7) is 7.53. The highest BCUT2D eigenvalue weighted by atomic mass is 16.1. The van der Waals surface area contributed by atoms with Crippen LogP contribution in [-0.2, 0) is 4.79 Å². The van der Waals surface area contributed by atoms with E-state index in [9.17, 15) is 4.79 Å². The predicted molar refractivity (Wildman–Crippen MR) is 64.7 cm³/mol. The molecule has 78 valence electrons. The van der Waals surface area contributed by atoms with Gasteiger partial charge in [-0.05, 0) is 18.1 Å². The van der Waals surface area contributed by atoms with Crippen LogP contribution < -0.4 is 0 Å². The Labute approximate surface area is 91.1 Å². The Morgan fingerprint density at radius 2 is 2.07 bits per heavy atom. The van der Waals surface area contributed by atoms with Gasteiger partial charge in [0.15, 0.2) is 5.78 Å². The number of hydrogen-bond acceptors (Lipinski definition) is 1. The smallest absolute Gasteiger partial charge is 0.163 e. The van der Waals surface area contributed by atoms with Crippen LogP contribution in [-0.4, -0.2) is 5.78 Å². The first-order chi connectivity index (χ1) is 7.20. The molecule has 1 aromatic rings. The van der Waals surface area contributed by atoms with Crippen LogP contribution >= 0.6 is 0 Å². The van der Waals surface area contributed by atoms with Gasteiger partial charge in [-0.25, -0.2) is 0 Å². The van der Waals surface area contributed by atoms with E-state index in [1.165, 1.54) is 0 Å². The topological polar surface area (TPSA) is 17.1 Å². The van der Waals surface area contributed by atoms with Crippen molar-refractivity contribution < 1.29 is 4.79 Å². The van der Waals surface area contributed by atoms with Crippen LogP contribution in [0.3, 0.4) is 0 Å². The lowest BCUT2D eigenvalue weighted by atomic mass is 9.96. The Morgan fingerprint density at radius 3 is 2.60 bits per heavy atom. The minimum absolute atomic E-state index is 0.157. The second-order valence-corrected chi connectivity index (χ2v) is 3.41. The first-order valence-electron chi connectivity index (χ1n) is 5.12. The zero-order chi connectivity index (χ0) is 11.3. The zero-order valence-electron chi connectivity index (χ0n) is 9.29. The summed E-state index contributed by atoms with van der Waals surface area (Å²) in [6.07, 6.45) is 3.97. The third kappa shape index (κ3) is 2.66. The Bertz CT molecular complexity index is 400. The summed E-state index contributed by atoms with van der Waals surface area (Å²) >= 11 is 0. The number of hydrogen-bond donors (Lipinski definition) is 0. The van der Waals surface area contributed by atoms with Gasteiger partial charge in [0, 0.05) is 12.0 Å². The molecule has 0 fully saturated rings. The van der Waals surface area contributed by atoms with E-state index in [4.69, 9.17) is 0 Å². The van der Waals surface area contributed by atoms with Crippen molar-refractivity contribution in [3.05, 3.63) is 54.1 Å². The van der Waals surface area contributed by atoms with E-state index in [1.807, 2.05) is 38.1 Å². The average Bonchev–Trinajstić information content (AvgIpc) is 2.26. The lowest BCUT2D eigenvalue weighted by Gasteiger charge is -2.07. The van der Waals surface area contributed by atoms with Gasteiger partial charge in [-0.15, -0.1) is 0 Å². The minimum Gasteiger partial charge on any atom is -0.294 e. The van der Waals surface area contributed by atoms with Gasteiger partial charge in [0.2, 0.25) is 0 Å². The van der Waals surface area contributed by atoms with Gasteiger partial charge in [-0.2, -0.15) is 0 Å². The quantitative estimate of drug-likeness (QED) is 0.536. The summed E-state index contributed by atoms with van der Waals surface area (Å²) in [6, 6.07) is 7.90. The van der Waals surface area contributed by atoms with Crippen molar-refractivity contribution >= 4 is 11.4 Å². The molecule has 0 unspecified atom stereocenters. The highest BCUT2D eigenvalue weighted by Crippen LogP contribution is 2.20. The Balaban J connectivity index is 3.22. The molecule has 0 atom stereocenters. The van der Waals surface area contributed by atoms with E-state index in [1.54, 1.807) is 12.2 Å². The molecule has 0 heterocycles. The van der Waals surface area contributed by atoms with E-state index >= 15 is 0 Å². The molecule has 0 radical (unpaired) electrons. The van der Waals surface area contributed by atoms with Crippen molar-refractivity contribution in [1.29, 1.82) is 0 Å². The fourth-order valence-corrected chi connectivity index (χ4v) is 1.52. The molecule has 0 aliphatic rings.